The molecule has 5 heteroatoms. The van der Waals surface area contributed by atoms with Crippen molar-refractivity contribution in [2.24, 2.45) is 0 Å². The first-order valence-electron chi connectivity index (χ1n) is 11.5. The molecule has 1 saturated heterocycles. The van der Waals surface area contributed by atoms with Crippen molar-refractivity contribution in [2.45, 2.75) is 50.0 Å². The van der Waals surface area contributed by atoms with Crippen LogP contribution in [-0.4, -0.2) is 58.5 Å². The lowest BCUT2D eigenvalue weighted by molar-refractivity contribution is -0.143. The molecule has 0 spiro atoms. The van der Waals surface area contributed by atoms with Gasteiger partial charge in [0.1, 0.15) is 5.60 Å². The summed E-state index contributed by atoms with van der Waals surface area (Å²) in [6.45, 7) is 2.02. The Bertz CT molecular complexity index is 945. The van der Waals surface area contributed by atoms with Crippen molar-refractivity contribution in [2.75, 3.05) is 26.2 Å². The number of nitrogens with zero attached hydrogens (tertiary/aromatic N) is 2. The fourth-order valence-corrected chi connectivity index (χ4v) is 5.00. The molecule has 162 valence electrons. The summed E-state index contributed by atoms with van der Waals surface area (Å²) in [7, 11) is 0. The van der Waals surface area contributed by atoms with Gasteiger partial charge in [-0.1, -0.05) is 36.4 Å². The Kier molecular flexibility index (Phi) is 5.30. The van der Waals surface area contributed by atoms with E-state index in [0.717, 1.165) is 25.7 Å². The maximum absolute atomic E-state index is 12.9. The number of carbonyl (C=O) groups excluding carboxylic acids is 2. The van der Waals surface area contributed by atoms with E-state index >= 15 is 0 Å². The minimum absolute atomic E-state index is 0.0251. The fourth-order valence-electron chi connectivity index (χ4n) is 5.00. The largest absolute Gasteiger partial charge is 0.380 e. The van der Waals surface area contributed by atoms with E-state index in [9.17, 15) is 14.7 Å². The zero-order valence-corrected chi connectivity index (χ0v) is 17.9. The van der Waals surface area contributed by atoms with Crippen LogP contribution in [-0.2, 0) is 17.6 Å². The Morgan fingerprint density at radius 3 is 1.90 bits per heavy atom. The SMILES string of the molecule is O=C(c1ccc(C2CCc3ccccc3CC2)cc1)N1CCN(C(=O)C2(O)CC2)CC1. The third-order valence-electron chi connectivity index (χ3n) is 7.25. The van der Waals surface area contributed by atoms with Crippen LogP contribution in [0, 0.1) is 0 Å². The van der Waals surface area contributed by atoms with Gasteiger partial charge in [0.15, 0.2) is 0 Å². The molecule has 31 heavy (non-hydrogen) atoms. The van der Waals surface area contributed by atoms with Crippen LogP contribution in [0.5, 0.6) is 0 Å². The molecule has 0 radical (unpaired) electrons. The molecular weight excluding hydrogens is 388 g/mol. The zero-order chi connectivity index (χ0) is 21.4. The summed E-state index contributed by atoms with van der Waals surface area (Å²) < 4.78 is 0. The number of fused-ring (bicyclic) bond motifs is 1. The van der Waals surface area contributed by atoms with Crippen LogP contribution in [0.1, 0.15) is 58.6 Å². The molecule has 0 atom stereocenters. The first-order valence-corrected chi connectivity index (χ1v) is 11.5. The van der Waals surface area contributed by atoms with Gasteiger partial charge in [-0.05, 0) is 73.3 Å². The van der Waals surface area contributed by atoms with E-state index < -0.39 is 5.60 Å². The quantitative estimate of drug-likeness (QED) is 0.779. The topological polar surface area (TPSA) is 60.9 Å². The molecule has 5 rings (SSSR count). The summed E-state index contributed by atoms with van der Waals surface area (Å²) in [6, 6.07) is 16.9. The number of benzene rings is 2. The first-order chi connectivity index (χ1) is 15.0. The van der Waals surface area contributed by atoms with Crippen molar-refractivity contribution in [1.29, 1.82) is 0 Å². The van der Waals surface area contributed by atoms with E-state index in [-0.39, 0.29) is 11.8 Å². The third kappa shape index (κ3) is 4.11. The summed E-state index contributed by atoms with van der Waals surface area (Å²) in [5.74, 6) is 0.380. The number of aryl methyl sites for hydroxylation is 2. The Morgan fingerprint density at radius 1 is 0.806 bits per heavy atom. The number of hydrogen-bond donors (Lipinski definition) is 1. The minimum Gasteiger partial charge on any atom is -0.380 e. The molecular formula is C26H30N2O3. The molecule has 0 aromatic heterocycles. The van der Waals surface area contributed by atoms with Crippen LogP contribution in [0.3, 0.4) is 0 Å². The van der Waals surface area contributed by atoms with E-state index in [4.69, 9.17) is 0 Å². The molecule has 5 nitrogen and oxygen atoms in total. The van der Waals surface area contributed by atoms with Gasteiger partial charge in [-0.15, -0.1) is 0 Å². The normalized spacial score (nSPS) is 20.7. The minimum atomic E-state index is -1.12. The van der Waals surface area contributed by atoms with Gasteiger partial charge in [0, 0.05) is 31.7 Å². The van der Waals surface area contributed by atoms with Crippen LogP contribution in [0.4, 0.5) is 0 Å². The van der Waals surface area contributed by atoms with Gasteiger partial charge in [0.25, 0.3) is 11.8 Å². The maximum Gasteiger partial charge on any atom is 0.254 e. The standard InChI is InChI=1S/C26H30N2O3/c29-24(27-15-17-28(18-16-27)25(30)26(31)13-14-26)23-11-9-22(10-12-23)21-7-5-19-3-1-2-4-20(19)6-8-21/h1-4,9-12,21,31H,5-8,13-18H2. The van der Waals surface area contributed by atoms with Crippen LogP contribution in [0.15, 0.2) is 48.5 Å². The van der Waals surface area contributed by atoms with Crippen molar-refractivity contribution < 1.29 is 14.7 Å². The predicted octanol–water partition coefficient (Wildman–Crippen LogP) is 3.16. The summed E-state index contributed by atoms with van der Waals surface area (Å²) in [5.41, 5.74) is 3.85. The van der Waals surface area contributed by atoms with Gasteiger partial charge in [-0.2, -0.15) is 0 Å². The van der Waals surface area contributed by atoms with Crippen molar-refractivity contribution in [1.82, 2.24) is 9.80 Å². The molecule has 2 fully saturated rings. The Labute approximate surface area is 183 Å². The highest BCUT2D eigenvalue weighted by atomic mass is 16.3. The van der Waals surface area contributed by atoms with E-state index in [1.54, 1.807) is 4.90 Å². The smallest absolute Gasteiger partial charge is 0.254 e. The van der Waals surface area contributed by atoms with Gasteiger partial charge < -0.3 is 14.9 Å². The predicted molar refractivity (Wildman–Crippen MR) is 119 cm³/mol. The second-order valence-electron chi connectivity index (χ2n) is 9.28. The zero-order valence-electron chi connectivity index (χ0n) is 17.9. The van der Waals surface area contributed by atoms with E-state index in [1.807, 2.05) is 17.0 Å². The van der Waals surface area contributed by atoms with Crippen molar-refractivity contribution in [3.05, 3.63) is 70.8 Å². The first kappa shape index (κ1) is 20.3. The van der Waals surface area contributed by atoms with Crippen LogP contribution < -0.4 is 0 Å². The van der Waals surface area contributed by atoms with Crippen molar-refractivity contribution in [3.8, 4) is 0 Å². The van der Waals surface area contributed by atoms with Crippen molar-refractivity contribution in [3.63, 3.8) is 0 Å². The highest BCUT2D eigenvalue weighted by molar-refractivity contribution is 5.94. The fraction of sp³-hybridized carbons (Fsp3) is 0.462. The summed E-state index contributed by atoms with van der Waals surface area (Å²) in [6.07, 6.45) is 5.63. The molecule has 1 aliphatic heterocycles. The lowest BCUT2D eigenvalue weighted by atomic mass is 9.90. The van der Waals surface area contributed by atoms with E-state index in [1.165, 1.54) is 16.7 Å². The van der Waals surface area contributed by atoms with Gasteiger partial charge in [-0.3, -0.25) is 9.59 Å². The average Bonchev–Trinajstić information content (AvgIpc) is 3.61. The van der Waals surface area contributed by atoms with E-state index in [2.05, 4.69) is 36.4 Å². The summed E-state index contributed by atoms with van der Waals surface area (Å²) >= 11 is 0. The monoisotopic (exact) mass is 418 g/mol. The average molecular weight is 419 g/mol. The molecule has 2 aliphatic carbocycles. The van der Waals surface area contributed by atoms with Crippen LogP contribution >= 0.6 is 0 Å². The number of amides is 2. The molecule has 2 amide bonds. The molecule has 1 heterocycles. The number of aliphatic hydroxyl groups is 1. The number of rotatable bonds is 3. The third-order valence-corrected chi connectivity index (χ3v) is 7.25. The second kappa shape index (κ2) is 8.12. The Balaban J connectivity index is 1.19. The lowest BCUT2D eigenvalue weighted by Crippen LogP contribution is -2.53. The molecule has 0 bridgehead atoms. The molecule has 1 N–H and O–H groups in total. The van der Waals surface area contributed by atoms with Gasteiger partial charge in [-0.25, -0.2) is 0 Å². The highest BCUT2D eigenvalue weighted by Gasteiger charge is 2.50. The number of hydrogen-bond acceptors (Lipinski definition) is 3. The number of carbonyl (C=O) groups is 2. The van der Waals surface area contributed by atoms with Crippen LogP contribution in [0.25, 0.3) is 0 Å². The number of piperazine rings is 1. The molecule has 3 aliphatic rings. The van der Waals surface area contributed by atoms with Gasteiger partial charge in [0.05, 0.1) is 0 Å². The molecule has 1 saturated carbocycles. The lowest BCUT2D eigenvalue weighted by Gasteiger charge is -2.35. The second-order valence-corrected chi connectivity index (χ2v) is 9.28. The molecule has 0 unspecified atom stereocenters. The molecule has 2 aromatic rings. The van der Waals surface area contributed by atoms with E-state index in [0.29, 0.717) is 50.5 Å². The molecule has 2 aromatic carbocycles. The highest BCUT2D eigenvalue weighted by Crippen LogP contribution is 2.37. The van der Waals surface area contributed by atoms with Crippen LogP contribution in [0.2, 0.25) is 0 Å². The summed E-state index contributed by atoms with van der Waals surface area (Å²) in [4.78, 5) is 28.8. The Morgan fingerprint density at radius 2 is 1.35 bits per heavy atom. The van der Waals surface area contributed by atoms with Gasteiger partial charge >= 0.3 is 0 Å². The van der Waals surface area contributed by atoms with Gasteiger partial charge in [0.2, 0.25) is 0 Å². The maximum atomic E-state index is 12.9. The van der Waals surface area contributed by atoms with Crippen molar-refractivity contribution >= 4 is 11.8 Å². The Hall–Kier alpha value is -2.66. The summed E-state index contributed by atoms with van der Waals surface area (Å²) in [5, 5.41) is 10.0.